The molecule has 0 spiro atoms. The molecule has 2 aliphatic heterocycles. The first-order chi connectivity index (χ1) is 16.5. The molecule has 34 heavy (non-hydrogen) atoms. The van der Waals surface area contributed by atoms with Gasteiger partial charge in [0.05, 0.1) is 10.7 Å². The molecule has 3 heterocycles. The fourth-order valence-electron chi connectivity index (χ4n) is 4.21. The van der Waals surface area contributed by atoms with Gasteiger partial charge in [0.1, 0.15) is 5.82 Å². The van der Waals surface area contributed by atoms with Crippen LogP contribution in [0.4, 0.5) is 11.4 Å². The lowest BCUT2D eigenvalue weighted by Crippen LogP contribution is -2.50. The maximum Gasteiger partial charge on any atom is 0.255 e. The smallest absolute Gasteiger partial charge is 0.255 e. The van der Waals surface area contributed by atoms with Crippen LogP contribution in [0.15, 0.2) is 42.5 Å². The Balaban J connectivity index is 1.34. The van der Waals surface area contributed by atoms with Gasteiger partial charge in [-0.1, -0.05) is 18.0 Å². The number of hydrogen-bond donors (Lipinski definition) is 2. The van der Waals surface area contributed by atoms with E-state index in [0.29, 0.717) is 27.8 Å². The second-order valence-corrected chi connectivity index (χ2v) is 8.77. The van der Waals surface area contributed by atoms with Crippen LogP contribution in [-0.2, 0) is 22.6 Å². The van der Waals surface area contributed by atoms with Gasteiger partial charge in [-0.05, 0) is 55.3 Å². The average Bonchev–Trinajstić information content (AvgIpc) is 3.09. The molecule has 0 radical (unpaired) electrons. The van der Waals surface area contributed by atoms with Crippen molar-refractivity contribution in [2.75, 3.05) is 10.3 Å². The van der Waals surface area contributed by atoms with Gasteiger partial charge in [0.15, 0.2) is 5.82 Å². The van der Waals surface area contributed by atoms with Gasteiger partial charge in [0.25, 0.3) is 5.91 Å². The third-order valence-corrected chi connectivity index (χ3v) is 6.34. The molecule has 3 amide bonds. The molecule has 0 saturated carbocycles. The van der Waals surface area contributed by atoms with Crippen molar-refractivity contribution in [2.24, 2.45) is 0 Å². The first-order valence-electron chi connectivity index (χ1n) is 11.3. The Labute approximate surface area is 201 Å². The Bertz CT molecular complexity index is 1270. The monoisotopic (exact) mass is 478 g/mol. The second-order valence-electron chi connectivity index (χ2n) is 8.36. The number of aromatic nitrogens is 3. The lowest BCUT2D eigenvalue weighted by atomic mass is 10.1. The molecule has 2 aliphatic rings. The zero-order valence-corrected chi connectivity index (χ0v) is 19.1. The minimum Gasteiger partial charge on any atom is -0.322 e. The van der Waals surface area contributed by atoms with Crippen molar-refractivity contribution >= 4 is 40.7 Å². The fourth-order valence-corrected chi connectivity index (χ4v) is 4.41. The fraction of sp³-hybridized carbons (Fsp3) is 0.292. The number of nitrogens with one attached hydrogen (secondary N) is 2. The summed E-state index contributed by atoms with van der Waals surface area (Å²) in [6.07, 6.45) is 4.54. The highest BCUT2D eigenvalue weighted by Gasteiger charge is 2.24. The number of rotatable bonds is 4. The van der Waals surface area contributed by atoms with E-state index in [0.717, 1.165) is 43.6 Å². The number of hydrazine groups is 1. The molecule has 1 saturated heterocycles. The molecule has 0 aliphatic carbocycles. The second kappa shape index (κ2) is 9.26. The summed E-state index contributed by atoms with van der Waals surface area (Å²) in [5, 5.41) is 13.3. The third kappa shape index (κ3) is 4.38. The van der Waals surface area contributed by atoms with Crippen LogP contribution in [0.25, 0.3) is 11.4 Å². The normalized spacial score (nSPS) is 16.0. The Morgan fingerprint density at radius 2 is 1.79 bits per heavy atom. The van der Waals surface area contributed by atoms with Gasteiger partial charge in [-0.15, -0.1) is 10.2 Å². The standard InChI is InChI=1S/C24H23ClN6O3/c25-19-10-7-16(14-18(19)23-28-27-20-4-2-1-3-13-30(20)23)26-24(34)15-5-8-17(9-6-15)31-22(33)12-11-21(32)29-31/h5-10,14H,1-4,11-13H2,(H,26,34)(H,29,32). The summed E-state index contributed by atoms with van der Waals surface area (Å²) in [5.41, 5.74) is 4.74. The van der Waals surface area contributed by atoms with E-state index in [-0.39, 0.29) is 30.6 Å². The number of aryl methyl sites for hydroxylation is 1. The van der Waals surface area contributed by atoms with Crippen molar-refractivity contribution < 1.29 is 14.4 Å². The highest BCUT2D eigenvalue weighted by Crippen LogP contribution is 2.31. The quantitative estimate of drug-likeness (QED) is 0.593. The summed E-state index contributed by atoms with van der Waals surface area (Å²) in [6.45, 7) is 0.844. The molecule has 5 rings (SSSR count). The van der Waals surface area contributed by atoms with Crippen molar-refractivity contribution in [1.29, 1.82) is 0 Å². The average molecular weight is 479 g/mol. The Hall–Kier alpha value is -3.72. The maximum absolute atomic E-state index is 12.9. The summed E-state index contributed by atoms with van der Waals surface area (Å²) < 4.78 is 2.11. The molecule has 9 nitrogen and oxygen atoms in total. The van der Waals surface area contributed by atoms with E-state index in [1.807, 2.05) is 0 Å². The molecule has 174 valence electrons. The Morgan fingerprint density at radius 3 is 2.62 bits per heavy atom. The van der Waals surface area contributed by atoms with Crippen LogP contribution >= 0.6 is 11.6 Å². The first-order valence-corrected chi connectivity index (χ1v) is 11.6. The number of hydrogen-bond acceptors (Lipinski definition) is 5. The largest absolute Gasteiger partial charge is 0.322 e. The number of carbonyl (C=O) groups excluding carboxylic acids is 3. The first kappa shape index (κ1) is 22.1. The molecule has 0 bridgehead atoms. The number of anilines is 2. The number of halogens is 1. The molecule has 1 aromatic heterocycles. The number of fused-ring (bicyclic) bond motifs is 1. The summed E-state index contributed by atoms with van der Waals surface area (Å²) >= 11 is 6.48. The van der Waals surface area contributed by atoms with Gasteiger partial charge < -0.3 is 9.88 Å². The van der Waals surface area contributed by atoms with E-state index < -0.39 is 0 Å². The van der Waals surface area contributed by atoms with Crippen LogP contribution in [0.1, 0.15) is 48.3 Å². The highest BCUT2D eigenvalue weighted by atomic mass is 35.5. The van der Waals surface area contributed by atoms with Gasteiger partial charge >= 0.3 is 0 Å². The molecule has 2 N–H and O–H groups in total. The van der Waals surface area contributed by atoms with Gasteiger partial charge in [0.2, 0.25) is 11.8 Å². The summed E-state index contributed by atoms with van der Waals surface area (Å²) in [4.78, 5) is 36.5. The van der Waals surface area contributed by atoms with Gasteiger partial charge in [-0.25, -0.2) is 5.01 Å². The molecule has 2 aromatic carbocycles. The van der Waals surface area contributed by atoms with Crippen molar-refractivity contribution in [2.45, 2.75) is 45.1 Å². The van der Waals surface area contributed by atoms with E-state index >= 15 is 0 Å². The van der Waals surface area contributed by atoms with Crippen LogP contribution in [0, 0.1) is 0 Å². The predicted molar refractivity (Wildman–Crippen MR) is 127 cm³/mol. The van der Waals surface area contributed by atoms with Crippen LogP contribution < -0.4 is 15.8 Å². The summed E-state index contributed by atoms with van der Waals surface area (Å²) in [5.74, 6) is 0.937. The highest BCUT2D eigenvalue weighted by molar-refractivity contribution is 6.33. The van der Waals surface area contributed by atoms with Crippen molar-refractivity contribution in [1.82, 2.24) is 20.2 Å². The molecule has 1 fully saturated rings. The Kier molecular flexibility index (Phi) is 6.02. The molecule has 0 unspecified atom stereocenters. The topological polar surface area (TPSA) is 109 Å². The summed E-state index contributed by atoms with van der Waals surface area (Å²) in [6, 6.07) is 11.7. The van der Waals surface area contributed by atoms with Gasteiger partial charge in [-0.2, -0.15) is 0 Å². The molecular formula is C24H23ClN6O3. The Morgan fingerprint density at radius 1 is 0.971 bits per heavy atom. The molecular weight excluding hydrogens is 456 g/mol. The zero-order chi connectivity index (χ0) is 23.7. The predicted octanol–water partition coefficient (Wildman–Crippen LogP) is 3.74. The van der Waals surface area contributed by atoms with Crippen LogP contribution in [0.5, 0.6) is 0 Å². The van der Waals surface area contributed by atoms with E-state index in [2.05, 4.69) is 25.5 Å². The third-order valence-electron chi connectivity index (χ3n) is 6.01. The van der Waals surface area contributed by atoms with Crippen LogP contribution in [-0.4, -0.2) is 32.5 Å². The van der Waals surface area contributed by atoms with Crippen molar-refractivity contribution in [3.05, 3.63) is 58.9 Å². The SMILES string of the molecule is O=C1CCC(=O)N(c2ccc(C(=O)Nc3ccc(Cl)c(-c4nnc5n4CCCCC5)c3)cc2)N1. The minimum atomic E-state index is -0.311. The molecule has 10 heteroatoms. The lowest BCUT2D eigenvalue weighted by Gasteiger charge is -2.27. The lowest BCUT2D eigenvalue weighted by molar-refractivity contribution is -0.130. The van der Waals surface area contributed by atoms with Crippen molar-refractivity contribution in [3.63, 3.8) is 0 Å². The van der Waals surface area contributed by atoms with E-state index in [1.165, 1.54) is 5.01 Å². The molecule has 0 atom stereocenters. The number of benzene rings is 2. The van der Waals surface area contributed by atoms with E-state index in [1.54, 1.807) is 42.5 Å². The number of nitrogens with zero attached hydrogens (tertiary/aromatic N) is 4. The number of carbonyl (C=O) groups is 3. The number of amides is 3. The van der Waals surface area contributed by atoms with Gasteiger partial charge in [0, 0.05) is 42.6 Å². The van der Waals surface area contributed by atoms with Gasteiger partial charge in [-0.3, -0.25) is 19.8 Å². The maximum atomic E-state index is 12.9. The van der Waals surface area contributed by atoms with Crippen LogP contribution in [0.3, 0.4) is 0 Å². The van der Waals surface area contributed by atoms with E-state index in [9.17, 15) is 14.4 Å². The summed E-state index contributed by atoms with van der Waals surface area (Å²) in [7, 11) is 0. The minimum absolute atomic E-state index is 0.155. The molecule has 3 aromatic rings. The van der Waals surface area contributed by atoms with Crippen molar-refractivity contribution in [3.8, 4) is 11.4 Å². The van der Waals surface area contributed by atoms with Crippen LogP contribution in [0.2, 0.25) is 5.02 Å². The van der Waals surface area contributed by atoms with E-state index in [4.69, 9.17) is 11.6 Å². The zero-order valence-electron chi connectivity index (χ0n) is 18.4.